The number of benzene rings is 3. The number of amides is 2. The molecule has 5 nitrogen and oxygen atoms in total. The maximum Gasteiger partial charge on any atom is 0.254 e. The van der Waals surface area contributed by atoms with Crippen molar-refractivity contribution < 1.29 is 19.1 Å². The predicted molar refractivity (Wildman–Crippen MR) is 141 cm³/mol. The van der Waals surface area contributed by atoms with Crippen LogP contribution in [0.1, 0.15) is 64.7 Å². The van der Waals surface area contributed by atoms with Gasteiger partial charge in [0.25, 0.3) is 5.91 Å². The van der Waals surface area contributed by atoms with E-state index in [1.54, 1.807) is 24.3 Å². The first-order valence-corrected chi connectivity index (χ1v) is 13.2. The zero-order valence-corrected chi connectivity index (χ0v) is 21.2. The molecule has 0 bridgehead atoms. The van der Waals surface area contributed by atoms with Crippen LogP contribution in [0.15, 0.2) is 72.8 Å². The van der Waals surface area contributed by atoms with Crippen LogP contribution in [0.3, 0.4) is 0 Å². The molecule has 1 saturated carbocycles. The highest BCUT2D eigenvalue weighted by atomic mass is 35.5. The van der Waals surface area contributed by atoms with Crippen molar-refractivity contribution >= 4 is 23.4 Å². The number of nitrogens with zero attached hydrogens (tertiary/aromatic N) is 1. The van der Waals surface area contributed by atoms with Gasteiger partial charge in [0.05, 0.1) is 18.1 Å². The van der Waals surface area contributed by atoms with E-state index in [-0.39, 0.29) is 29.8 Å². The summed E-state index contributed by atoms with van der Waals surface area (Å²) >= 11 is 6.18. The summed E-state index contributed by atoms with van der Waals surface area (Å²) in [6, 6.07) is 20.4. The molecule has 1 heterocycles. The molecule has 3 aromatic carbocycles. The quantitative estimate of drug-likeness (QED) is 0.456. The highest BCUT2D eigenvalue weighted by Gasteiger charge is 2.46. The molecule has 1 aliphatic heterocycles. The van der Waals surface area contributed by atoms with Crippen LogP contribution in [0.4, 0.5) is 4.39 Å². The third-order valence-electron chi connectivity index (χ3n) is 7.53. The van der Waals surface area contributed by atoms with Crippen molar-refractivity contribution in [2.45, 2.75) is 56.2 Å². The number of nitrogens with one attached hydrogen (secondary N) is 1. The van der Waals surface area contributed by atoms with Crippen LogP contribution in [0.25, 0.3) is 0 Å². The first-order valence-electron chi connectivity index (χ1n) is 12.8. The van der Waals surface area contributed by atoms with Crippen LogP contribution in [-0.2, 0) is 11.2 Å². The Kier molecular flexibility index (Phi) is 7.58. The lowest BCUT2D eigenvalue weighted by molar-refractivity contribution is -0.124. The van der Waals surface area contributed by atoms with Crippen molar-refractivity contribution in [2.75, 3.05) is 6.54 Å². The van der Waals surface area contributed by atoms with Crippen LogP contribution < -0.4 is 5.32 Å². The molecule has 5 rings (SSSR count). The van der Waals surface area contributed by atoms with Crippen molar-refractivity contribution in [1.82, 2.24) is 10.2 Å². The maximum atomic E-state index is 13.9. The Morgan fingerprint density at radius 2 is 1.73 bits per heavy atom. The maximum absolute atomic E-state index is 13.9. The fraction of sp³-hybridized carbons (Fsp3) is 0.333. The van der Waals surface area contributed by atoms with Gasteiger partial charge in [0.15, 0.2) is 0 Å². The molecule has 0 spiro atoms. The van der Waals surface area contributed by atoms with E-state index in [4.69, 9.17) is 11.6 Å². The number of hydrogen-bond donors (Lipinski definition) is 2. The van der Waals surface area contributed by atoms with Gasteiger partial charge in [0, 0.05) is 23.2 Å². The molecule has 1 fully saturated rings. The Morgan fingerprint density at radius 3 is 2.46 bits per heavy atom. The molecule has 0 aromatic heterocycles. The molecular weight excluding hydrogens is 491 g/mol. The monoisotopic (exact) mass is 520 g/mol. The predicted octanol–water partition coefficient (Wildman–Crippen LogP) is 5.42. The van der Waals surface area contributed by atoms with Crippen molar-refractivity contribution in [2.24, 2.45) is 0 Å². The van der Waals surface area contributed by atoms with Gasteiger partial charge in [0.1, 0.15) is 5.82 Å². The zero-order valence-electron chi connectivity index (χ0n) is 20.4. The second kappa shape index (κ2) is 11.0. The summed E-state index contributed by atoms with van der Waals surface area (Å²) in [6.07, 6.45) is 2.72. The molecule has 2 amide bonds. The molecule has 192 valence electrons. The molecule has 0 saturated heterocycles. The standard InChI is InChI=1S/C30H30ClFN2O3/c31-21-10-8-20(9-11-21)28-27(29(36)33-17-16-19-4-3-5-22(32)18-19)25-6-1-2-7-26(25)30(37)34(28)23-12-14-24(35)15-13-23/h1-11,18,23-24,27-28,35H,12-17H2,(H,33,36)/t23-,24-,27-,28+/m1/s1. The molecule has 7 heteroatoms. The second-order valence-electron chi connectivity index (χ2n) is 9.91. The summed E-state index contributed by atoms with van der Waals surface area (Å²) in [5, 5.41) is 13.7. The summed E-state index contributed by atoms with van der Waals surface area (Å²) < 4.78 is 13.6. The normalized spacial score (nSPS) is 23.4. The number of carbonyl (C=O) groups is 2. The topological polar surface area (TPSA) is 69.6 Å². The van der Waals surface area contributed by atoms with Crippen LogP contribution >= 0.6 is 11.6 Å². The van der Waals surface area contributed by atoms with Gasteiger partial charge in [-0.3, -0.25) is 9.59 Å². The fourth-order valence-corrected chi connectivity index (χ4v) is 5.84. The van der Waals surface area contributed by atoms with Gasteiger partial charge in [-0.2, -0.15) is 0 Å². The van der Waals surface area contributed by atoms with Crippen LogP contribution in [0, 0.1) is 5.82 Å². The van der Waals surface area contributed by atoms with E-state index in [1.165, 1.54) is 12.1 Å². The zero-order chi connectivity index (χ0) is 25.9. The lowest BCUT2D eigenvalue weighted by Crippen LogP contribution is -2.52. The lowest BCUT2D eigenvalue weighted by Gasteiger charge is -2.47. The molecular formula is C30H30ClFN2O3. The molecule has 0 radical (unpaired) electrons. The van der Waals surface area contributed by atoms with E-state index < -0.39 is 12.0 Å². The Balaban J connectivity index is 1.51. The molecule has 0 unspecified atom stereocenters. The number of halogens is 2. The number of rotatable bonds is 6. The minimum Gasteiger partial charge on any atom is -0.393 e. The largest absolute Gasteiger partial charge is 0.393 e. The van der Waals surface area contributed by atoms with E-state index in [9.17, 15) is 19.1 Å². The number of aliphatic hydroxyl groups excluding tert-OH is 1. The minimum absolute atomic E-state index is 0.0903. The molecule has 3 aromatic rings. The number of carbonyl (C=O) groups excluding carboxylic acids is 2. The summed E-state index contributed by atoms with van der Waals surface area (Å²) in [5.74, 6) is -1.22. The first kappa shape index (κ1) is 25.4. The average Bonchev–Trinajstić information content (AvgIpc) is 2.90. The third-order valence-corrected chi connectivity index (χ3v) is 7.78. The Morgan fingerprint density at radius 1 is 1.00 bits per heavy atom. The highest BCUT2D eigenvalue weighted by molar-refractivity contribution is 6.30. The Hall–Kier alpha value is -3.22. The van der Waals surface area contributed by atoms with E-state index in [2.05, 4.69) is 5.32 Å². The second-order valence-corrected chi connectivity index (χ2v) is 10.3. The van der Waals surface area contributed by atoms with Gasteiger partial charge in [-0.25, -0.2) is 4.39 Å². The summed E-state index contributed by atoms with van der Waals surface area (Å²) in [5.41, 5.74) is 2.87. The Bertz CT molecular complexity index is 1270. The molecule has 2 N–H and O–H groups in total. The summed E-state index contributed by atoms with van der Waals surface area (Å²) in [4.78, 5) is 29.7. The van der Waals surface area contributed by atoms with Crippen LogP contribution in [0.2, 0.25) is 5.02 Å². The third kappa shape index (κ3) is 5.41. The van der Waals surface area contributed by atoms with E-state index >= 15 is 0 Å². The van der Waals surface area contributed by atoms with Crippen molar-refractivity contribution in [3.8, 4) is 0 Å². The minimum atomic E-state index is -0.630. The van der Waals surface area contributed by atoms with Crippen LogP contribution in [-0.4, -0.2) is 40.5 Å². The smallest absolute Gasteiger partial charge is 0.254 e. The fourth-order valence-electron chi connectivity index (χ4n) is 5.72. The Labute approximate surface area is 221 Å². The van der Waals surface area contributed by atoms with Crippen molar-refractivity contribution in [1.29, 1.82) is 0 Å². The van der Waals surface area contributed by atoms with Crippen LogP contribution in [0.5, 0.6) is 0 Å². The molecule has 1 aliphatic carbocycles. The van der Waals surface area contributed by atoms with E-state index in [1.807, 2.05) is 41.3 Å². The number of hydrogen-bond acceptors (Lipinski definition) is 3. The molecule has 37 heavy (non-hydrogen) atoms. The number of fused-ring (bicyclic) bond motifs is 1. The first-order chi connectivity index (χ1) is 17.9. The summed E-state index contributed by atoms with van der Waals surface area (Å²) in [7, 11) is 0. The van der Waals surface area contributed by atoms with E-state index in [0.717, 1.165) is 11.1 Å². The van der Waals surface area contributed by atoms with Gasteiger partial charge in [0.2, 0.25) is 5.91 Å². The number of aliphatic hydroxyl groups is 1. The van der Waals surface area contributed by atoms with Gasteiger partial charge in [-0.1, -0.05) is 54.1 Å². The van der Waals surface area contributed by atoms with Gasteiger partial charge in [-0.15, -0.1) is 0 Å². The molecule has 2 aliphatic rings. The van der Waals surface area contributed by atoms with Gasteiger partial charge >= 0.3 is 0 Å². The van der Waals surface area contributed by atoms with Crippen molar-refractivity contribution in [3.05, 3.63) is 106 Å². The van der Waals surface area contributed by atoms with E-state index in [0.29, 0.717) is 54.8 Å². The van der Waals surface area contributed by atoms with Crippen molar-refractivity contribution in [3.63, 3.8) is 0 Å². The highest BCUT2D eigenvalue weighted by Crippen LogP contribution is 2.46. The average molecular weight is 521 g/mol. The lowest BCUT2D eigenvalue weighted by atomic mass is 9.77. The SMILES string of the molecule is O=C(NCCc1cccc(F)c1)[C@@H]1c2ccccc2C(=O)N([C@H]2CC[C@H](O)CC2)[C@H]1c1ccc(Cl)cc1. The van der Waals surface area contributed by atoms with Gasteiger partial charge < -0.3 is 15.3 Å². The summed E-state index contributed by atoms with van der Waals surface area (Å²) in [6.45, 7) is 0.345. The molecule has 2 atom stereocenters. The van der Waals surface area contributed by atoms with Gasteiger partial charge in [-0.05, 0) is 79.1 Å².